The van der Waals surface area contributed by atoms with E-state index in [4.69, 9.17) is 0 Å². The van der Waals surface area contributed by atoms with Crippen LogP contribution in [-0.2, 0) is 9.84 Å². The first kappa shape index (κ1) is 13.9. The summed E-state index contributed by atoms with van der Waals surface area (Å²) in [6.07, 6.45) is 3.61. The molecule has 0 saturated carbocycles. The van der Waals surface area contributed by atoms with Crippen molar-refractivity contribution in [2.45, 2.75) is 24.7 Å². The van der Waals surface area contributed by atoms with E-state index in [1.165, 1.54) is 12.7 Å². The van der Waals surface area contributed by atoms with Gasteiger partial charge in [0.25, 0.3) is 0 Å². The monoisotopic (exact) mass is 331 g/mol. The van der Waals surface area contributed by atoms with Crippen LogP contribution in [-0.4, -0.2) is 27.8 Å². The SMILES string of the molecule is CC1CCCN(c2cc(Br)ccc2S(C)(=O)=O)C1. The van der Waals surface area contributed by atoms with Gasteiger partial charge in [-0.3, -0.25) is 0 Å². The van der Waals surface area contributed by atoms with Crippen molar-refractivity contribution in [3.8, 4) is 0 Å². The first-order valence-corrected chi connectivity index (χ1v) is 8.81. The first-order valence-electron chi connectivity index (χ1n) is 6.12. The molecule has 1 aliphatic heterocycles. The van der Waals surface area contributed by atoms with Gasteiger partial charge in [-0.15, -0.1) is 0 Å². The number of piperidine rings is 1. The van der Waals surface area contributed by atoms with Crippen LogP contribution < -0.4 is 4.90 Å². The van der Waals surface area contributed by atoms with Crippen LogP contribution in [0.5, 0.6) is 0 Å². The Balaban J connectivity index is 2.45. The van der Waals surface area contributed by atoms with Gasteiger partial charge < -0.3 is 4.90 Å². The molecule has 1 aliphatic rings. The van der Waals surface area contributed by atoms with Crippen LogP contribution in [0.1, 0.15) is 19.8 Å². The molecule has 0 spiro atoms. The predicted molar refractivity (Wildman–Crippen MR) is 77.9 cm³/mol. The molecule has 0 radical (unpaired) electrons. The minimum absolute atomic E-state index is 0.430. The zero-order valence-corrected chi connectivity index (χ0v) is 13.1. The van der Waals surface area contributed by atoms with E-state index in [0.717, 1.165) is 29.7 Å². The molecule has 100 valence electrons. The zero-order chi connectivity index (χ0) is 13.3. The summed E-state index contributed by atoms with van der Waals surface area (Å²) < 4.78 is 24.6. The average Bonchev–Trinajstić information content (AvgIpc) is 2.27. The van der Waals surface area contributed by atoms with Crippen LogP contribution in [0.2, 0.25) is 0 Å². The lowest BCUT2D eigenvalue weighted by Gasteiger charge is -2.34. The second-order valence-corrected chi connectivity index (χ2v) is 7.98. The standard InChI is InChI=1S/C13H18BrNO2S/c1-10-4-3-7-15(9-10)12-8-11(14)5-6-13(12)18(2,16)17/h5-6,8,10H,3-4,7,9H2,1-2H3. The Labute approximate surface area is 117 Å². The molecule has 5 heteroatoms. The number of hydrogen-bond acceptors (Lipinski definition) is 3. The zero-order valence-electron chi connectivity index (χ0n) is 10.7. The van der Waals surface area contributed by atoms with Crippen molar-refractivity contribution >= 4 is 31.5 Å². The second kappa shape index (κ2) is 5.21. The topological polar surface area (TPSA) is 37.4 Å². The number of anilines is 1. The van der Waals surface area contributed by atoms with Crippen molar-refractivity contribution in [2.75, 3.05) is 24.2 Å². The molecule has 0 aromatic heterocycles. The number of hydrogen-bond donors (Lipinski definition) is 0. The summed E-state index contributed by atoms with van der Waals surface area (Å²) in [4.78, 5) is 2.62. The average molecular weight is 332 g/mol. The minimum Gasteiger partial charge on any atom is -0.370 e. The fourth-order valence-corrected chi connectivity index (χ4v) is 3.69. The lowest BCUT2D eigenvalue weighted by molar-refractivity contribution is 0.445. The van der Waals surface area contributed by atoms with E-state index < -0.39 is 9.84 Å². The van der Waals surface area contributed by atoms with Crippen molar-refractivity contribution in [2.24, 2.45) is 5.92 Å². The van der Waals surface area contributed by atoms with Crippen LogP contribution in [0, 0.1) is 5.92 Å². The van der Waals surface area contributed by atoms with E-state index in [1.807, 2.05) is 6.07 Å². The van der Waals surface area contributed by atoms with Crippen molar-refractivity contribution in [3.05, 3.63) is 22.7 Å². The molecular weight excluding hydrogens is 314 g/mol. The fraction of sp³-hybridized carbons (Fsp3) is 0.538. The number of benzene rings is 1. The third kappa shape index (κ3) is 3.06. The highest BCUT2D eigenvalue weighted by atomic mass is 79.9. The van der Waals surface area contributed by atoms with Crippen molar-refractivity contribution in [1.82, 2.24) is 0 Å². The summed E-state index contributed by atoms with van der Waals surface area (Å²) in [5, 5.41) is 0. The lowest BCUT2D eigenvalue weighted by atomic mass is 10.00. The molecule has 0 bridgehead atoms. The molecule has 1 unspecified atom stereocenters. The summed E-state index contributed by atoms with van der Waals surface area (Å²) in [6.45, 7) is 4.08. The molecule has 1 saturated heterocycles. The predicted octanol–water partition coefficient (Wildman–Crippen LogP) is 3.09. The third-order valence-corrected chi connectivity index (χ3v) is 4.96. The lowest BCUT2D eigenvalue weighted by Crippen LogP contribution is -2.35. The van der Waals surface area contributed by atoms with Gasteiger partial charge in [-0.05, 0) is 37.0 Å². The summed E-state index contributed by atoms with van der Waals surface area (Å²) in [7, 11) is -3.18. The molecule has 1 aromatic carbocycles. The van der Waals surface area contributed by atoms with Crippen LogP contribution in [0.3, 0.4) is 0 Å². The third-order valence-electron chi connectivity index (χ3n) is 3.32. The maximum Gasteiger partial charge on any atom is 0.177 e. The van der Waals surface area contributed by atoms with E-state index in [9.17, 15) is 8.42 Å². The van der Waals surface area contributed by atoms with Gasteiger partial charge >= 0.3 is 0 Å². The Kier molecular flexibility index (Phi) is 4.02. The molecule has 0 aliphatic carbocycles. The summed E-state index contributed by atoms with van der Waals surface area (Å²) >= 11 is 3.42. The van der Waals surface area contributed by atoms with Gasteiger partial charge in [-0.25, -0.2) is 8.42 Å². The molecule has 1 heterocycles. The quantitative estimate of drug-likeness (QED) is 0.835. The summed E-state index contributed by atoms with van der Waals surface area (Å²) in [6, 6.07) is 5.38. The normalized spacial score (nSPS) is 21.1. The van der Waals surface area contributed by atoms with E-state index >= 15 is 0 Å². The van der Waals surface area contributed by atoms with Crippen LogP contribution in [0.15, 0.2) is 27.6 Å². The minimum atomic E-state index is -3.18. The summed E-state index contributed by atoms with van der Waals surface area (Å²) in [5.74, 6) is 0.616. The maximum absolute atomic E-state index is 11.8. The molecule has 0 N–H and O–H groups in total. The van der Waals surface area contributed by atoms with E-state index in [-0.39, 0.29) is 0 Å². The summed E-state index contributed by atoms with van der Waals surface area (Å²) in [5.41, 5.74) is 0.832. The number of nitrogens with zero attached hydrogens (tertiary/aromatic N) is 1. The van der Waals surface area contributed by atoms with Gasteiger partial charge in [0.1, 0.15) is 0 Å². The second-order valence-electron chi connectivity index (χ2n) is 5.08. The largest absolute Gasteiger partial charge is 0.370 e. The molecule has 3 nitrogen and oxygen atoms in total. The molecule has 1 aromatic rings. The van der Waals surface area contributed by atoms with Gasteiger partial charge in [0, 0.05) is 23.8 Å². The molecule has 18 heavy (non-hydrogen) atoms. The Bertz CT molecular complexity index is 542. The van der Waals surface area contributed by atoms with Gasteiger partial charge in [-0.2, -0.15) is 0 Å². The van der Waals surface area contributed by atoms with Crippen LogP contribution in [0.25, 0.3) is 0 Å². The van der Waals surface area contributed by atoms with Crippen LogP contribution in [0.4, 0.5) is 5.69 Å². The Hall–Kier alpha value is -0.550. The number of sulfone groups is 1. The number of rotatable bonds is 2. The van der Waals surface area contributed by atoms with Gasteiger partial charge in [-0.1, -0.05) is 22.9 Å². The molecule has 2 rings (SSSR count). The molecular formula is C13H18BrNO2S. The van der Waals surface area contributed by atoms with E-state index in [1.54, 1.807) is 12.1 Å². The van der Waals surface area contributed by atoms with Crippen LogP contribution >= 0.6 is 15.9 Å². The van der Waals surface area contributed by atoms with Crippen molar-refractivity contribution < 1.29 is 8.42 Å². The Morgan fingerprint density at radius 1 is 1.39 bits per heavy atom. The van der Waals surface area contributed by atoms with Gasteiger partial charge in [0.05, 0.1) is 10.6 Å². The van der Waals surface area contributed by atoms with Crippen molar-refractivity contribution in [1.29, 1.82) is 0 Å². The smallest absolute Gasteiger partial charge is 0.177 e. The Morgan fingerprint density at radius 2 is 2.11 bits per heavy atom. The van der Waals surface area contributed by atoms with Crippen molar-refractivity contribution in [3.63, 3.8) is 0 Å². The van der Waals surface area contributed by atoms with E-state index in [0.29, 0.717) is 10.8 Å². The fourth-order valence-electron chi connectivity index (χ4n) is 2.46. The molecule has 1 fully saturated rings. The number of halogens is 1. The Morgan fingerprint density at radius 3 is 2.72 bits per heavy atom. The van der Waals surface area contributed by atoms with Gasteiger partial charge in [0.15, 0.2) is 9.84 Å². The molecule has 0 amide bonds. The maximum atomic E-state index is 11.8. The van der Waals surface area contributed by atoms with Gasteiger partial charge in [0.2, 0.25) is 0 Å². The highest BCUT2D eigenvalue weighted by Gasteiger charge is 2.22. The first-order chi connectivity index (χ1) is 8.38. The highest BCUT2D eigenvalue weighted by Crippen LogP contribution is 2.31. The van der Waals surface area contributed by atoms with E-state index in [2.05, 4.69) is 27.8 Å². The molecule has 1 atom stereocenters. The highest BCUT2D eigenvalue weighted by molar-refractivity contribution is 9.10.